The van der Waals surface area contributed by atoms with Crippen LogP contribution in [0.1, 0.15) is 30.1 Å². The molecule has 30 heavy (non-hydrogen) atoms. The predicted octanol–water partition coefficient (Wildman–Crippen LogP) is 3.85. The second kappa shape index (κ2) is 7.25. The summed E-state index contributed by atoms with van der Waals surface area (Å²) in [5.41, 5.74) is 6.22. The Hall–Kier alpha value is -3.19. The monoisotopic (exact) mass is 403 g/mol. The van der Waals surface area contributed by atoms with Gasteiger partial charge in [0.2, 0.25) is 0 Å². The summed E-state index contributed by atoms with van der Waals surface area (Å²) in [7, 11) is 1.66. The third kappa shape index (κ3) is 3.06. The Bertz CT molecular complexity index is 1210. The molecule has 3 aromatic heterocycles. The van der Waals surface area contributed by atoms with Gasteiger partial charge < -0.3 is 14.4 Å². The van der Waals surface area contributed by atoms with E-state index in [1.165, 1.54) is 0 Å². The molecule has 0 bridgehead atoms. The van der Waals surface area contributed by atoms with Crippen LogP contribution in [0.25, 0.3) is 28.1 Å². The van der Waals surface area contributed by atoms with Crippen molar-refractivity contribution in [2.45, 2.75) is 32.7 Å². The van der Waals surface area contributed by atoms with E-state index in [0.717, 1.165) is 58.0 Å². The highest BCUT2D eigenvalue weighted by atomic mass is 16.5. The lowest BCUT2D eigenvalue weighted by atomic mass is 10.1. The molecule has 0 unspecified atom stereocenters. The number of nitrogens with zero attached hydrogens (tertiary/aromatic N) is 5. The van der Waals surface area contributed by atoms with Gasteiger partial charge in [0, 0.05) is 30.2 Å². The molecule has 0 aliphatic heterocycles. The second-order valence-corrected chi connectivity index (χ2v) is 7.97. The average Bonchev–Trinajstić information content (AvgIpc) is 3.34. The zero-order valence-corrected chi connectivity index (χ0v) is 17.4. The van der Waals surface area contributed by atoms with Crippen molar-refractivity contribution in [3.63, 3.8) is 0 Å². The van der Waals surface area contributed by atoms with E-state index in [-0.39, 0.29) is 12.6 Å². The Morgan fingerprint density at radius 1 is 1.23 bits per heavy atom. The van der Waals surface area contributed by atoms with Crippen LogP contribution in [0.3, 0.4) is 0 Å². The molecule has 3 heterocycles. The highest BCUT2D eigenvalue weighted by Gasteiger charge is 2.33. The maximum absolute atomic E-state index is 9.94. The minimum absolute atomic E-state index is 0.0728. The molecular weight excluding hydrogens is 378 g/mol. The van der Waals surface area contributed by atoms with Crippen LogP contribution in [0, 0.1) is 19.8 Å². The Kier molecular flexibility index (Phi) is 4.55. The molecule has 0 spiro atoms. The Morgan fingerprint density at radius 2 is 2.07 bits per heavy atom. The number of hydrogen-bond acceptors (Lipinski definition) is 5. The number of ether oxygens (including phenoxy) is 1. The van der Waals surface area contributed by atoms with Crippen LogP contribution in [-0.4, -0.2) is 43.1 Å². The van der Waals surface area contributed by atoms with Gasteiger partial charge >= 0.3 is 0 Å². The first kappa shape index (κ1) is 18.8. The minimum Gasteiger partial charge on any atom is -0.496 e. The first-order chi connectivity index (χ1) is 14.6. The quantitative estimate of drug-likeness (QED) is 0.529. The van der Waals surface area contributed by atoms with E-state index in [9.17, 15) is 5.11 Å². The van der Waals surface area contributed by atoms with Gasteiger partial charge in [0.25, 0.3) is 0 Å². The summed E-state index contributed by atoms with van der Waals surface area (Å²) < 4.78 is 9.60. The van der Waals surface area contributed by atoms with E-state index in [0.29, 0.717) is 5.92 Å². The summed E-state index contributed by atoms with van der Waals surface area (Å²) in [6.45, 7) is 4.14. The third-order valence-electron chi connectivity index (χ3n) is 5.92. The third-order valence-corrected chi connectivity index (χ3v) is 5.92. The smallest absolute Gasteiger partial charge is 0.159 e. The standard InChI is InChI=1S/C23H25N5O2/c1-14-12-27(19(13-29)16-5-6-16)23-21(14)26-22(15(2)25-23)18-8-7-17(11-20(18)30-3)28-10-4-9-24-28/h4,7-12,16,19,29H,5-6,13H2,1-3H3/t19-/m0/s1. The van der Waals surface area contributed by atoms with Crippen LogP contribution in [0.2, 0.25) is 0 Å². The topological polar surface area (TPSA) is 78.0 Å². The Morgan fingerprint density at radius 3 is 2.73 bits per heavy atom. The fraction of sp³-hybridized carbons (Fsp3) is 0.348. The van der Waals surface area contributed by atoms with Gasteiger partial charge in [-0.3, -0.25) is 0 Å². The summed E-state index contributed by atoms with van der Waals surface area (Å²) in [6, 6.07) is 7.93. The van der Waals surface area contributed by atoms with Crippen LogP contribution in [0.5, 0.6) is 5.75 Å². The highest BCUT2D eigenvalue weighted by Crippen LogP contribution is 2.41. The molecule has 0 amide bonds. The molecule has 1 aliphatic carbocycles. The molecule has 1 N–H and O–H groups in total. The van der Waals surface area contributed by atoms with Crippen LogP contribution in [0.4, 0.5) is 0 Å². The first-order valence-corrected chi connectivity index (χ1v) is 10.3. The van der Waals surface area contributed by atoms with Gasteiger partial charge in [-0.1, -0.05) is 0 Å². The SMILES string of the molecule is COc1cc(-n2cccn2)ccc1-c1nc2c(C)cn([C@@H](CO)C3CC3)c2nc1C. The number of aromatic nitrogens is 5. The maximum Gasteiger partial charge on any atom is 0.159 e. The maximum atomic E-state index is 9.94. The highest BCUT2D eigenvalue weighted by molar-refractivity contribution is 5.81. The summed E-state index contributed by atoms with van der Waals surface area (Å²) in [5.74, 6) is 1.25. The fourth-order valence-electron chi connectivity index (χ4n) is 4.18. The van der Waals surface area contributed by atoms with Gasteiger partial charge in [0.05, 0.1) is 36.8 Å². The van der Waals surface area contributed by atoms with Gasteiger partial charge in [0.15, 0.2) is 5.65 Å². The van der Waals surface area contributed by atoms with Gasteiger partial charge in [-0.25, -0.2) is 14.6 Å². The van der Waals surface area contributed by atoms with E-state index in [1.807, 2.05) is 44.3 Å². The molecule has 4 aromatic rings. The molecule has 1 atom stereocenters. The van der Waals surface area contributed by atoms with Gasteiger partial charge in [-0.2, -0.15) is 5.10 Å². The molecule has 0 saturated heterocycles. The summed E-state index contributed by atoms with van der Waals surface area (Å²) in [5, 5.41) is 14.2. The average molecular weight is 403 g/mol. The number of aryl methyl sites for hydroxylation is 2. The van der Waals surface area contributed by atoms with Crippen molar-refractivity contribution in [3.8, 4) is 22.7 Å². The molecule has 1 aliphatic rings. The number of aliphatic hydroxyl groups excluding tert-OH is 1. The first-order valence-electron chi connectivity index (χ1n) is 10.3. The molecule has 7 nitrogen and oxygen atoms in total. The van der Waals surface area contributed by atoms with Gasteiger partial charge in [-0.15, -0.1) is 0 Å². The Balaban J connectivity index is 1.63. The van der Waals surface area contributed by atoms with E-state index in [2.05, 4.69) is 15.9 Å². The summed E-state index contributed by atoms with van der Waals surface area (Å²) in [4.78, 5) is 9.91. The van der Waals surface area contributed by atoms with E-state index >= 15 is 0 Å². The number of rotatable bonds is 6. The lowest BCUT2D eigenvalue weighted by Crippen LogP contribution is -2.15. The zero-order valence-electron chi connectivity index (χ0n) is 17.4. The minimum atomic E-state index is 0.0728. The molecule has 1 fully saturated rings. The second-order valence-electron chi connectivity index (χ2n) is 7.97. The number of hydrogen-bond donors (Lipinski definition) is 1. The number of aliphatic hydroxyl groups is 1. The van der Waals surface area contributed by atoms with Crippen LogP contribution in [-0.2, 0) is 0 Å². The van der Waals surface area contributed by atoms with Gasteiger partial charge in [-0.05, 0) is 56.4 Å². The fourth-order valence-corrected chi connectivity index (χ4v) is 4.18. The zero-order chi connectivity index (χ0) is 20.8. The van der Waals surface area contributed by atoms with Crippen molar-refractivity contribution < 1.29 is 9.84 Å². The van der Waals surface area contributed by atoms with Crippen molar-refractivity contribution in [2.75, 3.05) is 13.7 Å². The van der Waals surface area contributed by atoms with Gasteiger partial charge in [0.1, 0.15) is 11.3 Å². The lowest BCUT2D eigenvalue weighted by Gasteiger charge is -2.17. The molecule has 0 radical (unpaired) electrons. The normalized spacial score (nSPS) is 14.9. The predicted molar refractivity (Wildman–Crippen MR) is 115 cm³/mol. The molecule has 1 saturated carbocycles. The van der Waals surface area contributed by atoms with Crippen LogP contribution < -0.4 is 4.74 Å². The van der Waals surface area contributed by atoms with E-state index in [1.54, 1.807) is 18.0 Å². The molecule has 7 heteroatoms. The number of fused-ring (bicyclic) bond motifs is 1. The van der Waals surface area contributed by atoms with Crippen molar-refractivity contribution in [1.29, 1.82) is 0 Å². The van der Waals surface area contributed by atoms with Crippen molar-refractivity contribution >= 4 is 11.2 Å². The molecule has 5 rings (SSSR count). The number of methoxy groups -OCH3 is 1. The lowest BCUT2D eigenvalue weighted by molar-refractivity contribution is 0.215. The number of benzene rings is 1. The summed E-state index contributed by atoms with van der Waals surface area (Å²) >= 11 is 0. The summed E-state index contributed by atoms with van der Waals surface area (Å²) in [6.07, 6.45) is 8.04. The van der Waals surface area contributed by atoms with E-state index in [4.69, 9.17) is 14.7 Å². The van der Waals surface area contributed by atoms with E-state index < -0.39 is 0 Å². The van der Waals surface area contributed by atoms with Crippen LogP contribution in [0.15, 0.2) is 42.9 Å². The molecule has 1 aromatic carbocycles. The van der Waals surface area contributed by atoms with Crippen molar-refractivity contribution in [3.05, 3.63) is 54.1 Å². The Labute approximate surface area is 175 Å². The largest absolute Gasteiger partial charge is 0.496 e. The van der Waals surface area contributed by atoms with Crippen molar-refractivity contribution in [2.24, 2.45) is 5.92 Å². The van der Waals surface area contributed by atoms with Crippen LogP contribution >= 0.6 is 0 Å². The van der Waals surface area contributed by atoms with Crippen molar-refractivity contribution in [1.82, 2.24) is 24.3 Å². The molecular formula is C23H25N5O2. The molecule has 154 valence electrons.